The van der Waals surface area contributed by atoms with Crippen molar-refractivity contribution in [1.29, 1.82) is 0 Å². The minimum absolute atomic E-state index is 0.256. The van der Waals surface area contributed by atoms with Crippen LogP contribution in [0.3, 0.4) is 0 Å². The molecular weight excluding hydrogens is 200 g/mol. The molecule has 0 saturated carbocycles. The van der Waals surface area contributed by atoms with Gasteiger partial charge in [-0.2, -0.15) is 0 Å². The SMILES string of the molecule is CCCn1ccnc1CC(O)C(CC)CC. The summed E-state index contributed by atoms with van der Waals surface area (Å²) < 4.78 is 2.14. The number of hydrogen-bond donors (Lipinski definition) is 1. The molecule has 3 heteroatoms. The van der Waals surface area contributed by atoms with Crippen LogP contribution < -0.4 is 0 Å². The highest BCUT2D eigenvalue weighted by Crippen LogP contribution is 2.16. The maximum absolute atomic E-state index is 10.1. The van der Waals surface area contributed by atoms with E-state index in [9.17, 15) is 5.11 Å². The number of aliphatic hydroxyl groups excluding tert-OH is 1. The Hall–Kier alpha value is -0.830. The number of aryl methyl sites for hydroxylation is 1. The van der Waals surface area contributed by atoms with E-state index in [0.29, 0.717) is 12.3 Å². The van der Waals surface area contributed by atoms with Crippen molar-refractivity contribution in [3.05, 3.63) is 18.2 Å². The summed E-state index contributed by atoms with van der Waals surface area (Å²) in [6, 6.07) is 0. The predicted molar refractivity (Wildman–Crippen MR) is 66.3 cm³/mol. The Morgan fingerprint density at radius 2 is 2.00 bits per heavy atom. The largest absolute Gasteiger partial charge is 0.392 e. The summed E-state index contributed by atoms with van der Waals surface area (Å²) in [5, 5.41) is 10.1. The summed E-state index contributed by atoms with van der Waals surface area (Å²) in [5.74, 6) is 1.41. The summed E-state index contributed by atoms with van der Waals surface area (Å²) in [6.07, 6.45) is 7.42. The Bertz CT molecular complexity index is 292. The molecule has 0 bridgehead atoms. The molecule has 1 atom stereocenters. The van der Waals surface area contributed by atoms with Gasteiger partial charge in [-0.25, -0.2) is 4.98 Å². The molecule has 0 aliphatic rings. The van der Waals surface area contributed by atoms with E-state index in [0.717, 1.165) is 31.6 Å². The van der Waals surface area contributed by atoms with Crippen LogP contribution in [0.25, 0.3) is 0 Å². The van der Waals surface area contributed by atoms with Crippen LogP contribution in [-0.2, 0) is 13.0 Å². The normalized spacial score (nSPS) is 13.3. The molecular formula is C13H24N2O. The second-order valence-electron chi connectivity index (χ2n) is 4.38. The van der Waals surface area contributed by atoms with Crippen molar-refractivity contribution >= 4 is 0 Å². The monoisotopic (exact) mass is 224 g/mol. The summed E-state index contributed by atoms with van der Waals surface area (Å²) in [7, 11) is 0. The van der Waals surface area contributed by atoms with Gasteiger partial charge in [-0.05, 0) is 12.3 Å². The smallest absolute Gasteiger partial charge is 0.111 e. The first-order valence-electron chi connectivity index (χ1n) is 6.40. The van der Waals surface area contributed by atoms with Gasteiger partial charge in [0.05, 0.1) is 6.10 Å². The Balaban J connectivity index is 2.61. The molecule has 0 aromatic carbocycles. The molecule has 0 aliphatic heterocycles. The number of aromatic nitrogens is 2. The average molecular weight is 224 g/mol. The van der Waals surface area contributed by atoms with Crippen LogP contribution in [0.15, 0.2) is 12.4 Å². The molecule has 1 rings (SSSR count). The predicted octanol–water partition coefficient (Wildman–Crippen LogP) is 2.63. The van der Waals surface area contributed by atoms with Crippen molar-refractivity contribution < 1.29 is 5.11 Å². The molecule has 0 spiro atoms. The summed E-state index contributed by atoms with van der Waals surface area (Å²) >= 11 is 0. The van der Waals surface area contributed by atoms with Gasteiger partial charge in [0, 0.05) is 25.4 Å². The van der Waals surface area contributed by atoms with Crippen LogP contribution in [0.5, 0.6) is 0 Å². The molecule has 0 aliphatic carbocycles. The van der Waals surface area contributed by atoms with Crippen molar-refractivity contribution in [2.75, 3.05) is 0 Å². The maximum atomic E-state index is 10.1. The first kappa shape index (κ1) is 13.2. The van der Waals surface area contributed by atoms with E-state index in [1.54, 1.807) is 0 Å². The second-order valence-corrected chi connectivity index (χ2v) is 4.38. The molecule has 1 heterocycles. The fourth-order valence-corrected chi connectivity index (χ4v) is 2.16. The van der Waals surface area contributed by atoms with Crippen LogP contribution in [0.2, 0.25) is 0 Å². The van der Waals surface area contributed by atoms with Crippen LogP contribution in [0.1, 0.15) is 45.9 Å². The third kappa shape index (κ3) is 3.34. The lowest BCUT2D eigenvalue weighted by Gasteiger charge is -2.20. The first-order valence-corrected chi connectivity index (χ1v) is 6.40. The Labute approximate surface area is 98.5 Å². The third-order valence-electron chi connectivity index (χ3n) is 3.25. The topological polar surface area (TPSA) is 38.0 Å². The van der Waals surface area contributed by atoms with Gasteiger partial charge in [0.25, 0.3) is 0 Å². The Kier molecular flexibility index (Phi) is 5.53. The van der Waals surface area contributed by atoms with Gasteiger partial charge in [-0.3, -0.25) is 0 Å². The molecule has 0 radical (unpaired) electrons. The van der Waals surface area contributed by atoms with Crippen LogP contribution in [0.4, 0.5) is 0 Å². The van der Waals surface area contributed by atoms with Crippen LogP contribution >= 0.6 is 0 Å². The zero-order valence-corrected chi connectivity index (χ0v) is 10.7. The highest BCUT2D eigenvalue weighted by atomic mass is 16.3. The Morgan fingerprint density at radius 1 is 1.31 bits per heavy atom. The molecule has 1 aromatic rings. The van der Waals surface area contributed by atoms with Gasteiger partial charge in [0.15, 0.2) is 0 Å². The van der Waals surface area contributed by atoms with Gasteiger partial charge >= 0.3 is 0 Å². The molecule has 3 nitrogen and oxygen atoms in total. The number of hydrogen-bond acceptors (Lipinski definition) is 2. The van der Waals surface area contributed by atoms with Gasteiger partial charge in [0.1, 0.15) is 5.82 Å². The molecule has 1 unspecified atom stereocenters. The molecule has 1 N–H and O–H groups in total. The maximum Gasteiger partial charge on any atom is 0.111 e. The lowest BCUT2D eigenvalue weighted by Crippen LogP contribution is -2.23. The van der Waals surface area contributed by atoms with Crippen molar-refractivity contribution in [3.63, 3.8) is 0 Å². The lowest BCUT2D eigenvalue weighted by molar-refractivity contribution is 0.1000. The van der Waals surface area contributed by atoms with E-state index in [-0.39, 0.29) is 6.10 Å². The van der Waals surface area contributed by atoms with Gasteiger partial charge in [-0.1, -0.05) is 33.6 Å². The highest BCUT2D eigenvalue weighted by molar-refractivity contribution is 4.95. The number of nitrogens with zero attached hydrogens (tertiary/aromatic N) is 2. The van der Waals surface area contributed by atoms with E-state index >= 15 is 0 Å². The minimum atomic E-state index is -0.256. The summed E-state index contributed by atoms with van der Waals surface area (Å²) in [4.78, 5) is 4.33. The van der Waals surface area contributed by atoms with Gasteiger partial charge in [0.2, 0.25) is 0 Å². The first-order chi connectivity index (χ1) is 7.72. The van der Waals surface area contributed by atoms with E-state index in [1.165, 1.54) is 0 Å². The third-order valence-corrected chi connectivity index (χ3v) is 3.25. The molecule has 0 amide bonds. The Morgan fingerprint density at radius 3 is 2.56 bits per heavy atom. The average Bonchev–Trinajstić information content (AvgIpc) is 2.68. The molecule has 0 fully saturated rings. The fourth-order valence-electron chi connectivity index (χ4n) is 2.16. The van der Waals surface area contributed by atoms with Crippen LogP contribution in [0, 0.1) is 5.92 Å². The zero-order valence-electron chi connectivity index (χ0n) is 10.7. The van der Waals surface area contributed by atoms with E-state index < -0.39 is 0 Å². The van der Waals surface area contributed by atoms with Crippen LogP contribution in [-0.4, -0.2) is 20.8 Å². The van der Waals surface area contributed by atoms with Crippen molar-refractivity contribution in [2.24, 2.45) is 5.92 Å². The summed E-state index contributed by atoms with van der Waals surface area (Å²) in [5.41, 5.74) is 0. The fraction of sp³-hybridized carbons (Fsp3) is 0.769. The van der Waals surface area contributed by atoms with E-state index in [4.69, 9.17) is 0 Å². The van der Waals surface area contributed by atoms with E-state index in [1.807, 2.05) is 12.4 Å². The van der Waals surface area contributed by atoms with Gasteiger partial charge in [-0.15, -0.1) is 0 Å². The highest BCUT2D eigenvalue weighted by Gasteiger charge is 2.17. The van der Waals surface area contributed by atoms with Crippen molar-refractivity contribution in [3.8, 4) is 0 Å². The standard InChI is InChI=1S/C13H24N2O/c1-4-8-15-9-7-14-13(15)10-12(16)11(5-2)6-3/h7,9,11-12,16H,4-6,8,10H2,1-3H3. The summed E-state index contributed by atoms with van der Waals surface area (Å²) in [6.45, 7) is 7.41. The lowest BCUT2D eigenvalue weighted by atomic mass is 9.94. The molecule has 16 heavy (non-hydrogen) atoms. The number of imidazole rings is 1. The molecule has 1 aromatic heterocycles. The van der Waals surface area contributed by atoms with Crippen molar-refractivity contribution in [2.45, 2.75) is 59.1 Å². The second kappa shape index (κ2) is 6.69. The van der Waals surface area contributed by atoms with Gasteiger partial charge < -0.3 is 9.67 Å². The van der Waals surface area contributed by atoms with E-state index in [2.05, 4.69) is 30.3 Å². The molecule has 0 saturated heterocycles. The number of aliphatic hydroxyl groups is 1. The zero-order chi connectivity index (χ0) is 12.0. The quantitative estimate of drug-likeness (QED) is 0.773. The molecule has 92 valence electrons. The van der Waals surface area contributed by atoms with Crippen molar-refractivity contribution in [1.82, 2.24) is 9.55 Å². The number of rotatable bonds is 7. The minimum Gasteiger partial charge on any atom is -0.392 e.